The number of guanidine groups is 1. The monoisotopic (exact) mass is 505 g/mol. The fourth-order valence-corrected chi connectivity index (χ4v) is 2.44. The van der Waals surface area contributed by atoms with Gasteiger partial charge in [0, 0.05) is 19.2 Å². The molecule has 2 N–H and O–H groups in total. The summed E-state index contributed by atoms with van der Waals surface area (Å²) in [4.78, 5) is 6.41. The van der Waals surface area contributed by atoms with Gasteiger partial charge < -0.3 is 20.1 Å². The van der Waals surface area contributed by atoms with Crippen LogP contribution in [0.1, 0.15) is 18.1 Å². The van der Waals surface area contributed by atoms with Crippen LogP contribution in [0.5, 0.6) is 5.75 Å². The molecule has 0 saturated carbocycles. The zero-order valence-electron chi connectivity index (χ0n) is 16.0. The van der Waals surface area contributed by atoms with E-state index in [0.29, 0.717) is 32.2 Å². The summed E-state index contributed by atoms with van der Waals surface area (Å²) in [7, 11) is 1.86. The molecule has 0 aromatic heterocycles. The first-order valence-corrected chi connectivity index (χ1v) is 8.80. The molecule has 2 aromatic carbocycles. The van der Waals surface area contributed by atoms with E-state index in [1.54, 1.807) is 30.3 Å². The number of likely N-dealkylation sites (N-methyl/N-ethyl adjacent to an activating group) is 1. The molecule has 0 bridgehead atoms. The van der Waals surface area contributed by atoms with Crippen molar-refractivity contribution in [3.8, 4) is 5.75 Å². The highest BCUT2D eigenvalue weighted by Crippen LogP contribution is 2.15. The van der Waals surface area contributed by atoms with Crippen molar-refractivity contribution in [2.24, 2.45) is 4.99 Å². The van der Waals surface area contributed by atoms with Gasteiger partial charge in [0.1, 0.15) is 12.4 Å². The topological polar surface area (TPSA) is 57.1 Å². The third kappa shape index (κ3) is 7.23. The predicted molar refractivity (Wildman–Crippen MR) is 117 cm³/mol. The predicted octanol–water partition coefficient (Wildman–Crippen LogP) is 3.55. The van der Waals surface area contributed by atoms with Gasteiger partial charge in [0.15, 0.2) is 17.5 Å². The fraction of sp³-hybridized carbons (Fsp3) is 0.350. The van der Waals surface area contributed by atoms with Gasteiger partial charge in [0.25, 0.3) is 0 Å². The Bertz CT molecular complexity index is 775. The van der Waals surface area contributed by atoms with Crippen molar-refractivity contribution < 1.29 is 18.6 Å². The van der Waals surface area contributed by atoms with E-state index in [9.17, 15) is 8.78 Å². The highest BCUT2D eigenvalue weighted by molar-refractivity contribution is 14.0. The number of para-hydroxylation sites is 1. The summed E-state index contributed by atoms with van der Waals surface area (Å²) in [6.45, 7) is 3.44. The number of halogens is 3. The van der Waals surface area contributed by atoms with E-state index in [0.717, 1.165) is 5.56 Å². The molecule has 0 aliphatic heterocycles. The van der Waals surface area contributed by atoms with Crippen LogP contribution in [0.4, 0.5) is 8.78 Å². The molecule has 0 aliphatic carbocycles. The summed E-state index contributed by atoms with van der Waals surface area (Å²) in [5.41, 5.74) is 1.05. The molecule has 2 rings (SSSR count). The van der Waals surface area contributed by atoms with Crippen molar-refractivity contribution in [1.29, 1.82) is 0 Å². The number of ether oxygens (including phenoxy) is 1. The molecular weight excluding hydrogens is 479 g/mol. The van der Waals surface area contributed by atoms with Crippen molar-refractivity contribution in [3.05, 3.63) is 65.2 Å². The minimum absolute atomic E-state index is 0. The van der Waals surface area contributed by atoms with Crippen LogP contribution in [-0.2, 0) is 13.2 Å². The van der Waals surface area contributed by atoms with Crippen molar-refractivity contribution in [2.75, 3.05) is 26.7 Å². The lowest BCUT2D eigenvalue weighted by molar-refractivity contribution is 0.270. The lowest BCUT2D eigenvalue weighted by Crippen LogP contribution is -2.40. The van der Waals surface area contributed by atoms with Crippen LogP contribution in [0.2, 0.25) is 0 Å². The Morgan fingerprint density at radius 3 is 2.61 bits per heavy atom. The van der Waals surface area contributed by atoms with Gasteiger partial charge in [0.05, 0.1) is 19.7 Å². The van der Waals surface area contributed by atoms with E-state index in [4.69, 9.17) is 9.84 Å². The third-order valence-corrected chi connectivity index (χ3v) is 3.91. The highest BCUT2D eigenvalue weighted by Gasteiger charge is 2.08. The molecule has 0 saturated heterocycles. The Kier molecular flexibility index (Phi) is 10.8. The van der Waals surface area contributed by atoms with E-state index in [1.807, 2.05) is 18.9 Å². The van der Waals surface area contributed by atoms with E-state index >= 15 is 0 Å². The zero-order chi connectivity index (χ0) is 19.6. The van der Waals surface area contributed by atoms with Crippen LogP contribution in [0.25, 0.3) is 0 Å². The SMILES string of the molecule is CCNC(=NCc1ccc(F)c(CO)c1)N(C)CCOc1ccccc1F.I. The molecule has 0 heterocycles. The van der Waals surface area contributed by atoms with Crippen LogP contribution < -0.4 is 10.1 Å². The first-order valence-electron chi connectivity index (χ1n) is 8.80. The van der Waals surface area contributed by atoms with E-state index in [-0.39, 0.29) is 41.9 Å². The second-order valence-electron chi connectivity index (χ2n) is 5.95. The minimum atomic E-state index is -0.431. The van der Waals surface area contributed by atoms with Gasteiger partial charge in [0.2, 0.25) is 0 Å². The van der Waals surface area contributed by atoms with Gasteiger partial charge in [-0.3, -0.25) is 0 Å². The molecule has 154 valence electrons. The summed E-state index contributed by atoms with van der Waals surface area (Å²) in [6.07, 6.45) is 0. The van der Waals surface area contributed by atoms with Crippen LogP contribution >= 0.6 is 24.0 Å². The molecule has 0 radical (unpaired) electrons. The molecule has 0 spiro atoms. The van der Waals surface area contributed by atoms with Crippen LogP contribution in [0.3, 0.4) is 0 Å². The van der Waals surface area contributed by atoms with Crippen LogP contribution in [-0.4, -0.2) is 42.7 Å². The maximum absolute atomic E-state index is 13.6. The molecule has 8 heteroatoms. The lowest BCUT2D eigenvalue weighted by atomic mass is 10.1. The Morgan fingerprint density at radius 1 is 1.18 bits per heavy atom. The number of hydrogen-bond donors (Lipinski definition) is 2. The standard InChI is InChI=1S/C20H25F2N3O2.HI/c1-3-23-20(24-13-15-8-9-17(21)16(12-15)14-26)25(2)10-11-27-19-7-5-4-6-18(19)22;/h4-9,12,26H,3,10-11,13-14H2,1-2H3,(H,23,24);1H. The van der Waals surface area contributed by atoms with Crippen molar-refractivity contribution in [1.82, 2.24) is 10.2 Å². The number of aliphatic imine (C=N–C) groups is 1. The quantitative estimate of drug-likeness (QED) is 0.328. The Hall–Kier alpha value is -1.94. The molecule has 0 atom stereocenters. The zero-order valence-corrected chi connectivity index (χ0v) is 18.3. The fourth-order valence-electron chi connectivity index (χ4n) is 2.44. The largest absolute Gasteiger partial charge is 0.489 e. The third-order valence-electron chi connectivity index (χ3n) is 3.91. The van der Waals surface area contributed by atoms with E-state index in [2.05, 4.69) is 10.3 Å². The van der Waals surface area contributed by atoms with Crippen molar-refractivity contribution in [2.45, 2.75) is 20.1 Å². The number of nitrogens with zero attached hydrogens (tertiary/aromatic N) is 2. The molecule has 0 amide bonds. The number of benzene rings is 2. The van der Waals surface area contributed by atoms with Gasteiger partial charge in [-0.2, -0.15) is 0 Å². The maximum atomic E-state index is 13.6. The smallest absolute Gasteiger partial charge is 0.194 e. The molecule has 28 heavy (non-hydrogen) atoms. The number of aliphatic hydroxyl groups is 1. The van der Waals surface area contributed by atoms with Crippen LogP contribution in [0, 0.1) is 11.6 Å². The summed E-state index contributed by atoms with van der Waals surface area (Å²) in [5.74, 6) is 0.0523. The molecule has 0 aliphatic rings. The van der Waals surface area contributed by atoms with Gasteiger partial charge in [-0.05, 0) is 36.8 Å². The first-order chi connectivity index (χ1) is 13.0. The summed E-state index contributed by atoms with van der Waals surface area (Å²) in [5, 5.41) is 12.3. The van der Waals surface area contributed by atoms with Gasteiger partial charge in [-0.15, -0.1) is 24.0 Å². The van der Waals surface area contributed by atoms with E-state index < -0.39 is 11.6 Å². The van der Waals surface area contributed by atoms with Crippen molar-refractivity contribution >= 4 is 29.9 Å². The molecule has 0 fully saturated rings. The van der Waals surface area contributed by atoms with Gasteiger partial charge >= 0.3 is 0 Å². The Morgan fingerprint density at radius 2 is 1.93 bits per heavy atom. The summed E-state index contributed by atoms with van der Waals surface area (Å²) < 4.78 is 32.5. The van der Waals surface area contributed by atoms with Crippen molar-refractivity contribution in [3.63, 3.8) is 0 Å². The maximum Gasteiger partial charge on any atom is 0.194 e. The lowest BCUT2D eigenvalue weighted by Gasteiger charge is -2.22. The second kappa shape index (κ2) is 12.5. The molecular formula is C20H26F2IN3O2. The Balaban J connectivity index is 0.00000392. The molecule has 5 nitrogen and oxygen atoms in total. The minimum Gasteiger partial charge on any atom is -0.489 e. The van der Waals surface area contributed by atoms with Gasteiger partial charge in [-0.1, -0.05) is 18.2 Å². The first kappa shape index (κ1) is 24.1. The summed E-state index contributed by atoms with van der Waals surface area (Å²) >= 11 is 0. The van der Waals surface area contributed by atoms with E-state index in [1.165, 1.54) is 12.1 Å². The number of aliphatic hydroxyl groups excluding tert-OH is 1. The second-order valence-corrected chi connectivity index (χ2v) is 5.95. The van der Waals surface area contributed by atoms with Crippen LogP contribution in [0.15, 0.2) is 47.5 Å². The number of hydrogen-bond acceptors (Lipinski definition) is 3. The molecule has 2 aromatic rings. The Labute approximate surface area is 181 Å². The average molecular weight is 505 g/mol. The average Bonchev–Trinajstić information content (AvgIpc) is 2.67. The van der Waals surface area contributed by atoms with Gasteiger partial charge in [-0.25, -0.2) is 13.8 Å². The number of nitrogens with one attached hydrogen (secondary N) is 1. The number of rotatable bonds is 8. The molecule has 0 unspecified atom stereocenters. The summed E-state index contributed by atoms with van der Waals surface area (Å²) in [6, 6.07) is 10.8. The normalized spacial score (nSPS) is 11.0. The highest BCUT2D eigenvalue weighted by atomic mass is 127.